The molecule has 2 N–H and O–H groups in total. The van der Waals surface area contributed by atoms with Crippen LogP contribution in [0.3, 0.4) is 0 Å². The van der Waals surface area contributed by atoms with Gasteiger partial charge in [0.2, 0.25) is 0 Å². The molecule has 0 atom stereocenters. The third-order valence-corrected chi connectivity index (χ3v) is 2.68. The molecular formula is C13H16N2O6. The molecule has 21 heavy (non-hydrogen) atoms. The number of methoxy groups -OCH3 is 1. The molecule has 1 aromatic rings. The van der Waals surface area contributed by atoms with Crippen molar-refractivity contribution in [2.45, 2.75) is 25.8 Å². The molecule has 0 aliphatic rings. The zero-order valence-corrected chi connectivity index (χ0v) is 11.9. The van der Waals surface area contributed by atoms with E-state index in [2.05, 4.69) is 5.32 Å². The first-order chi connectivity index (χ1) is 9.66. The van der Waals surface area contributed by atoms with Gasteiger partial charge >= 0.3 is 11.7 Å². The van der Waals surface area contributed by atoms with Crippen LogP contribution in [0, 0.1) is 10.1 Å². The number of nitro groups is 1. The van der Waals surface area contributed by atoms with Gasteiger partial charge in [0.1, 0.15) is 0 Å². The monoisotopic (exact) mass is 296 g/mol. The van der Waals surface area contributed by atoms with Crippen molar-refractivity contribution in [3.05, 3.63) is 33.9 Å². The second-order valence-corrected chi connectivity index (χ2v) is 5.05. The number of carboxylic acids is 1. The van der Waals surface area contributed by atoms with Crippen LogP contribution in [-0.2, 0) is 4.79 Å². The molecule has 0 fully saturated rings. The van der Waals surface area contributed by atoms with Crippen molar-refractivity contribution < 1.29 is 24.4 Å². The number of rotatable bonds is 6. The summed E-state index contributed by atoms with van der Waals surface area (Å²) in [6, 6.07) is 3.69. The number of ether oxygens (including phenoxy) is 1. The highest BCUT2D eigenvalue weighted by Crippen LogP contribution is 2.27. The lowest BCUT2D eigenvalue weighted by Crippen LogP contribution is -2.44. The van der Waals surface area contributed by atoms with Crippen LogP contribution in [0.25, 0.3) is 0 Å². The van der Waals surface area contributed by atoms with E-state index in [-0.39, 0.29) is 23.4 Å². The fourth-order valence-corrected chi connectivity index (χ4v) is 1.77. The number of amides is 1. The number of carbonyl (C=O) groups excluding carboxylic acids is 1. The molecule has 0 saturated heterocycles. The van der Waals surface area contributed by atoms with Crippen molar-refractivity contribution >= 4 is 17.6 Å². The van der Waals surface area contributed by atoms with Crippen LogP contribution in [0.4, 0.5) is 5.69 Å². The second-order valence-electron chi connectivity index (χ2n) is 5.05. The van der Waals surface area contributed by atoms with Gasteiger partial charge in [0.25, 0.3) is 5.91 Å². The van der Waals surface area contributed by atoms with E-state index in [9.17, 15) is 19.7 Å². The lowest BCUT2D eigenvalue weighted by Gasteiger charge is -2.24. The molecule has 1 amide bonds. The summed E-state index contributed by atoms with van der Waals surface area (Å²) in [5.41, 5.74) is -1.05. The molecule has 0 bridgehead atoms. The first kappa shape index (κ1) is 16.4. The predicted molar refractivity (Wildman–Crippen MR) is 73.4 cm³/mol. The van der Waals surface area contributed by atoms with Crippen LogP contribution in [0.5, 0.6) is 5.75 Å². The molecule has 114 valence electrons. The third kappa shape index (κ3) is 4.44. The van der Waals surface area contributed by atoms with Crippen LogP contribution in [0.15, 0.2) is 18.2 Å². The van der Waals surface area contributed by atoms with Crippen molar-refractivity contribution in [1.82, 2.24) is 5.32 Å². The van der Waals surface area contributed by atoms with E-state index in [1.54, 1.807) is 13.8 Å². The summed E-state index contributed by atoms with van der Waals surface area (Å²) < 4.78 is 4.88. The topological polar surface area (TPSA) is 119 Å². The second kappa shape index (κ2) is 6.21. The predicted octanol–water partition coefficient (Wildman–Crippen LogP) is 1.59. The standard InChI is InChI=1S/C13H16N2O6/c1-13(2,7-11(16)17)14-12(18)8-4-5-9(15(19)20)10(6-8)21-3/h4-6H,7H2,1-3H3,(H,14,18)(H,16,17). The smallest absolute Gasteiger partial charge is 0.310 e. The zero-order chi connectivity index (χ0) is 16.2. The normalized spacial score (nSPS) is 10.8. The minimum atomic E-state index is -1.04. The highest BCUT2D eigenvalue weighted by atomic mass is 16.6. The molecule has 0 aromatic heterocycles. The molecule has 0 radical (unpaired) electrons. The van der Waals surface area contributed by atoms with E-state index in [0.29, 0.717) is 0 Å². The molecule has 1 aromatic carbocycles. The highest BCUT2D eigenvalue weighted by molar-refractivity contribution is 5.95. The van der Waals surface area contributed by atoms with Gasteiger partial charge in [0, 0.05) is 23.2 Å². The molecule has 1 rings (SSSR count). The lowest BCUT2D eigenvalue weighted by molar-refractivity contribution is -0.385. The van der Waals surface area contributed by atoms with Gasteiger partial charge in [-0.2, -0.15) is 0 Å². The minimum Gasteiger partial charge on any atom is -0.490 e. The fraction of sp³-hybridized carbons (Fsp3) is 0.385. The van der Waals surface area contributed by atoms with Crippen LogP contribution < -0.4 is 10.1 Å². The van der Waals surface area contributed by atoms with Gasteiger partial charge < -0.3 is 15.2 Å². The maximum atomic E-state index is 12.1. The number of nitro benzene ring substituents is 1. The molecule has 0 aliphatic carbocycles. The maximum absolute atomic E-state index is 12.1. The summed E-state index contributed by atoms with van der Waals surface area (Å²) in [6.45, 7) is 3.14. The van der Waals surface area contributed by atoms with Crippen LogP contribution in [0.1, 0.15) is 30.6 Å². The van der Waals surface area contributed by atoms with Crippen molar-refractivity contribution in [2.24, 2.45) is 0 Å². The number of hydrogen-bond acceptors (Lipinski definition) is 5. The van der Waals surface area contributed by atoms with E-state index < -0.39 is 22.3 Å². The van der Waals surface area contributed by atoms with E-state index in [4.69, 9.17) is 9.84 Å². The molecule has 8 nitrogen and oxygen atoms in total. The van der Waals surface area contributed by atoms with Gasteiger partial charge in [0.05, 0.1) is 18.5 Å². The molecule has 0 unspecified atom stereocenters. The molecule has 8 heteroatoms. The number of carboxylic acid groups (broad SMARTS) is 1. The maximum Gasteiger partial charge on any atom is 0.310 e. The van der Waals surface area contributed by atoms with Gasteiger partial charge in [-0.25, -0.2) is 0 Å². The van der Waals surface area contributed by atoms with Crippen LogP contribution >= 0.6 is 0 Å². The molecule has 0 saturated carbocycles. The summed E-state index contributed by atoms with van der Waals surface area (Å²) >= 11 is 0. The van der Waals surface area contributed by atoms with Crippen LogP contribution in [-0.4, -0.2) is 34.6 Å². The summed E-state index contributed by atoms with van der Waals surface area (Å²) in [5.74, 6) is -1.61. The molecule has 0 aliphatic heterocycles. The average Bonchev–Trinajstić information content (AvgIpc) is 2.35. The minimum absolute atomic E-state index is 0.0382. The van der Waals surface area contributed by atoms with E-state index in [0.717, 1.165) is 6.07 Å². The molecule has 0 heterocycles. The van der Waals surface area contributed by atoms with Crippen molar-refractivity contribution in [1.29, 1.82) is 0 Å². The van der Waals surface area contributed by atoms with E-state index >= 15 is 0 Å². The summed E-state index contributed by atoms with van der Waals surface area (Å²) in [5, 5.41) is 22.1. The Morgan fingerprint density at radius 2 is 2.05 bits per heavy atom. The Kier molecular flexibility index (Phi) is 4.85. The number of nitrogens with zero attached hydrogens (tertiary/aromatic N) is 1. The van der Waals surface area contributed by atoms with Gasteiger partial charge in [-0.15, -0.1) is 0 Å². The Balaban J connectivity index is 2.98. The van der Waals surface area contributed by atoms with Crippen molar-refractivity contribution in [3.8, 4) is 5.75 Å². The lowest BCUT2D eigenvalue weighted by atomic mass is 10.00. The Morgan fingerprint density at radius 3 is 2.52 bits per heavy atom. The Bertz CT molecular complexity index is 582. The Hall–Kier alpha value is -2.64. The summed E-state index contributed by atoms with van der Waals surface area (Å²) in [7, 11) is 1.26. The number of benzene rings is 1. The van der Waals surface area contributed by atoms with E-state index in [1.807, 2.05) is 0 Å². The first-order valence-corrected chi connectivity index (χ1v) is 6.03. The SMILES string of the molecule is COc1cc(C(=O)NC(C)(C)CC(=O)O)ccc1[N+](=O)[O-]. The van der Waals surface area contributed by atoms with Crippen molar-refractivity contribution in [3.63, 3.8) is 0 Å². The van der Waals surface area contributed by atoms with Gasteiger partial charge in [-0.3, -0.25) is 19.7 Å². The van der Waals surface area contributed by atoms with Gasteiger partial charge in [0.15, 0.2) is 5.75 Å². The number of hydrogen-bond donors (Lipinski definition) is 2. The molecular weight excluding hydrogens is 280 g/mol. The summed E-state index contributed by atoms with van der Waals surface area (Å²) in [4.78, 5) is 32.9. The van der Waals surface area contributed by atoms with Crippen molar-refractivity contribution in [2.75, 3.05) is 7.11 Å². The van der Waals surface area contributed by atoms with Crippen LogP contribution in [0.2, 0.25) is 0 Å². The number of nitrogens with one attached hydrogen (secondary N) is 1. The molecule has 0 spiro atoms. The quantitative estimate of drug-likeness (QED) is 0.607. The van der Waals surface area contributed by atoms with Gasteiger partial charge in [-0.05, 0) is 19.9 Å². The first-order valence-electron chi connectivity index (χ1n) is 6.03. The number of carbonyl (C=O) groups is 2. The number of aliphatic carboxylic acids is 1. The Morgan fingerprint density at radius 1 is 1.43 bits per heavy atom. The average molecular weight is 296 g/mol. The fourth-order valence-electron chi connectivity index (χ4n) is 1.77. The summed E-state index contributed by atoms with van der Waals surface area (Å²) in [6.07, 6.45) is -0.247. The highest BCUT2D eigenvalue weighted by Gasteiger charge is 2.25. The zero-order valence-electron chi connectivity index (χ0n) is 11.9. The largest absolute Gasteiger partial charge is 0.490 e. The Labute approximate surface area is 120 Å². The van der Waals surface area contributed by atoms with Gasteiger partial charge in [-0.1, -0.05) is 0 Å². The van der Waals surface area contributed by atoms with E-state index in [1.165, 1.54) is 19.2 Å². The third-order valence-electron chi connectivity index (χ3n) is 2.68.